The molecular formula is C48H76O18. The van der Waals surface area contributed by atoms with E-state index < -0.39 is 121 Å². The molecule has 26 atom stereocenters. The Labute approximate surface area is 386 Å². The van der Waals surface area contributed by atoms with Gasteiger partial charge in [-0.2, -0.15) is 0 Å². The number of carboxylic acids is 1. The Bertz CT molecular complexity index is 1860. The van der Waals surface area contributed by atoms with Crippen molar-refractivity contribution in [2.24, 2.45) is 56.7 Å². The van der Waals surface area contributed by atoms with Crippen LogP contribution >= 0.6 is 0 Å². The highest BCUT2D eigenvalue weighted by molar-refractivity contribution is 5.81. The van der Waals surface area contributed by atoms with Crippen LogP contribution in [-0.2, 0) is 42.7 Å². The summed E-state index contributed by atoms with van der Waals surface area (Å²) in [6, 6.07) is 0. The lowest BCUT2D eigenvalue weighted by Gasteiger charge is -2.73. The van der Waals surface area contributed by atoms with Gasteiger partial charge in [-0.3, -0.25) is 4.79 Å². The SMILES string of the molecule is C[C@@H]1O[C@@H](O[C@H]2[C@H](O[C@H]3CC[C@]4(C)[C@H]5CC[C@@H]6[C@H]7[C@H](C(C)(C)O)[C@@H]8C[C@@]7(CC[C@@]6(C)[C@]5(C)CC[C@H]4C3(C)C)C(=O)O8)O[C@H](C(=O)O)[C@@H](O)[C@@H]2O[C@@H]2O[C@@H](C)[C@H](O)[C@@H](O)[C@H]2O)[C@H](O)[C@H](O)[C@H]1O. The number of aliphatic hydroxyl groups is 8. The topological polar surface area (TPSA) is 281 Å². The van der Waals surface area contributed by atoms with Crippen LogP contribution in [0, 0.1) is 56.7 Å². The fourth-order valence-corrected chi connectivity index (χ4v) is 16.6. The largest absolute Gasteiger partial charge is 0.479 e. The zero-order chi connectivity index (χ0) is 48.2. The summed E-state index contributed by atoms with van der Waals surface area (Å²) in [6.07, 6.45) is -18.0. The molecule has 5 saturated carbocycles. The molecule has 66 heavy (non-hydrogen) atoms. The van der Waals surface area contributed by atoms with Gasteiger partial charge in [0, 0.05) is 12.3 Å². The quantitative estimate of drug-likeness (QED) is 0.123. The summed E-state index contributed by atoms with van der Waals surface area (Å²) in [5, 5.41) is 98.0. The molecule has 9 N–H and O–H groups in total. The van der Waals surface area contributed by atoms with Gasteiger partial charge in [0.05, 0.1) is 29.3 Å². The van der Waals surface area contributed by atoms with E-state index >= 15 is 0 Å². The van der Waals surface area contributed by atoms with Crippen molar-refractivity contribution in [2.75, 3.05) is 0 Å². The first kappa shape index (κ1) is 49.4. The Kier molecular flexibility index (Phi) is 12.3. The predicted molar refractivity (Wildman–Crippen MR) is 227 cm³/mol. The van der Waals surface area contributed by atoms with Crippen LogP contribution in [0.15, 0.2) is 0 Å². The highest BCUT2D eigenvalue weighted by Gasteiger charge is 2.77. The van der Waals surface area contributed by atoms with Gasteiger partial charge in [0.25, 0.3) is 0 Å². The summed E-state index contributed by atoms with van der Waals surface area (Å²) in [6.45, 7) is 18.3. The Morgan fingerprint density at radius 3 is 1.82 bits per heavy atom. The minimum atomic E-state index is -2.01. The van der Waals surface area contributed by atoms with Crippen molar-refractivity contribution in [2.45, 2.75) is 230 Å². The highest BCUT2D eigenvalue weighted by atomic mass is 16.8. The zero-order valence-electron chi connectivity index (χ0n) is 39.8. The molecule has 18 nitrogen and oxygen atoms in total. The van der Waals surface area contributed by atoms with Gasteiger partial charge in [-0.25, -0.2) is 4.79 Å². The lowest BCUT2D eigenvalue weighted by molar-refractivity contribution is -0.394. The number of rotatable bonds is 8. The third-order valence-electron chi connectivity index (χ3n) is 20.1. The van der Waals surface area contributed by atoms with Crippen molar-refractivity contribution >= 4 is 11.9 Å². The number of carboxylic acid groups (broad SMARTS) is 1. The zero-order valence-corrected chi connectivity index (χ0v) is 39.8. The van der Waals surface area contributed by atoms with Gasteiger partial charge in [-0.1, -0.05) is 34.6 Å². The van der Waals surface area contributed by atoms with Crippen LogP contribution in [0.5, 0.6) is 0 Å². The second-order valence-electron chi connectivity index (χ2n) is 24.0. The van der Waals surface area contributed by atoms with Gasteiger partial charge in [0.1, 0.15) is 61.0 Å². The highest BCUT2D eigenvalue weighted by Crippen LogP contribution is 2.79. The molecule has 5 aliphatic carbocycles. The normalized spacial score (nSPS) is 56.7. The lowest BCUT2D eigenvalue weighted by atomic mass is 9.32. The summed E-state index contributed by atoms with van der Waals surface area (Å²) in [7, 11) is 0. The van der Waals surface area contributed by atoms with Gasteiger partial charge in [-0.15, -0.1) is 0 Å². The van der Waals surface area contributed by atoms with Crippen LogP contribution in [0.1, 0.15) is 120 Å². The van der Waals surface area contributed by atoms with Gasteiger partial charge >= 0.3 is 11.9 Å². The molecule has 9 aliphatic rings. The minimum absolute atomic E-state index is 0.0441. The fraction of sp³-hybridized carbons (Fsp3) is 0.958. The molecule has 4 heterocycles. The number of hydrogen-bond donors (Lipinski definition) is 9. The Balaban J connectivity index is 1.01. The summed E-state index contributed by atoms with van der Waals surface area (Å²) in [5.41, 5.74) is -2.43. The summed E-state index contributed by atoms with van der Waals surface area (Å²) in [4.78, 5) is 26.4. The van der Waals surface area contributed by atoms with E-state index in [1.165, 1.54) is 13.8 Å². The van der Waals surface area contributed by atoms with Crippen molar-refractivity contribution in [1.82, 2.24) is 0 Å². The van der Waals surface area contributed by atoms with Gasteiger partial charge < -0.3 is 79.1 Å². The van der Waals surface area contributed by atoms with Gasteiger partial charge in [0.2, 0.25) is 0 Å². The van der Waals surface area contributed by atoms with Crippen molar-refractivity contribution in [3.8, 4) is 0 Å². The van der Waals surface area contributed by atoms with Gasteiger partial charge in [-0.05, 0) is 124 Å². The first-order valence-electron chi connectivity index (χ1n) is 24.5. The van der Waals surface area contributed by atoms with E-state index in [0.29, 0.717) is 18.8 Å². The lowest BCUT2D eigenvalue weighted by Crippen LogP contribution is -2.69. The van der Waals surface area contributed by atoms with Crippen molar-refractivity contribution < 1.29 is 88.7 Å². The second kappa shape index (κ2) is 16.5. The summed E-state index contributed by atoms with van der Waals surface area (Å²) < 4.78 is 42.9. The molecule has 0 amide bonds. The molecule has 9 fully saturated rings. The molecular weight excluding hydrogens is 865 g/mol. The monoisotopic (exact) mass is 941 g/mol. The number of hydrogen-bond acceptors (Lipinski definition) is 17. The van der Waals surface area contributed by atoms with E-state index in [4.69, 9.17) is 33.2 Å². The number of esters is 1. The number of carbonyl (C=O) groups is 2. The fourth-order valence-electron chi connectivity index (χ4n) is 16.6. The number of ether oxygens (including phenoxy) is 7. The molecule has 0 unspecified atom stereocenters. The molecule has 0 radical (unpaired) electrons. The first-order valence-corrected chi connectivity index (χ1v) is 24.5. The van der Waals surface area contributed by atoms with Crippen molar-refractivity contribution in [3.05, 3.63) is 0 Å². The van der Waals surface area contributed by atoms with E-state index in [-0.39, 0.29) is 52.0 Å². The van der Waals surface area contributed by atoms with Crippen LogP contribution in [-0.4, -0.2) is 168 Å². The summed E-state index contributed by atoms with van der Waals surface area (Å²) in [5.74, 6) is -1.04. The molecule has 9 rings (SSSR count). The van der Waals surface area contributed by atoms with Crippen LogP contribution in [0.25, 0.3) is 0 Å². The number of carbonyl (C=O) groups excluding carboxylic acids is 1. The third kappa shape index (κ3) is 7.07. The van der Waals surface area contributed by atoms with Crippen molar-refractivity contribution in [3.63, 3.8) is 0 Å². The van der Waals surface area contributed by atoms with Crippen molar-refractivity contribution in [1.29, 1.82) is 0 Å². The Hall–Kier alpha value is -1.62. The van der Waals surface area contributed by atoms with E-state index in [2.05, 4.69) is 34.6 Å². The number of aliphatic carboxylic acids is 1. The van der Waals surface area contributed by atoms with Gasteiger partial charge in [0.15, 0.2) is 25.0 Å². The smallest absolute Gasteiger partial charge is 0.335 e. The molecule has 18 heteroatoms. The van der Waals surface area contributed by atoms with Crippen LogP contribution in [0.2, 0.25) is 0 Å². The first-order chi connectivity index (χ1) is 30.6. The van der Waals surface area contributed by atoms with E-state index in [0.717, 1.165) is 44.9 Å². The molecule has 0 aromatic rings. The standard InChI is InChI=1S/C48H76O18/c1-19-28(49)30(51)32(53)39(60-19)64-35-34(55)36(38(56)57)65-41(37(35)66-40-33(54)31(52)29(50)20(2)61-40)63-25-13-14-45(7)23(43(25,3)4)12-15-47(9)24(45)11-10-21-26-27(44(5,6)59)22-18-48(26,42(58)62-22)17-16-46(21,47)8/h19-37,39-41,49-55,59H,10-18H2,1-9H3,(H,56,57)/t19-,20-,21+,22-,23-,24+,25-,26-,27+,28-,29-,30+,31+,32+,33+,34-,35-,36-,37+,39-,40-,41+,45-,46+,47+,48+/m0/s1. The van der Waals surface area contributed by atoms with E-state index in [1.54, 1.807) is 0 Å². The molecule has 376 valence electrons. The maximum Gasteiger partial charge on any atom is 0.335 e. The molecule has 2 bridgehead atoms. The number of aliphatic hydroxyl groups excluding tert-OH is 7. The molecule has 0 aromatic heterocycles. The Morgan fingerprint density at radius 1 is 0.652 bits per heavy atom. The van der Waals surface area contributed by atoms with Crippen LogP contribution in [0.3, 0.4) is 0 Å². The van der Waals surface area contributed by atoms with Crippen LogP contribution < -0.4 is 0 Å². The second-order valence-corrected chi connectivity index (χ2v) is 24.0. The average Bonchev–Trinajstić information content (AvgIpc) is 3.75. The Morgan fingerprint density at radius 2 is 1.24 bits per heavy atom. The minimum Gasteiger partial charge on any atom is -0.479 e. The third-order valence-corrected chi connectivity index (χ3v) is 20.1. The summed E-state index contributed by atoms with van der Waals surface area (Å²) >= 11 is 0. The molecule has 4 aliphatic heterocycles. The average molecular weight is 941 g/mol. The molecule has 0 aromatic carbocycles. The number of fused-ring (bicyclic) bond motifs is 7. The maximum atomic E-state index is 13.6. The molecule has 1 spiro atoms. The maximum absolute atomic E-state index is 13.6. The van der Waals surface area contributed by atoms with Crippen LogP contribution in [0.4, 0.5) is 0 Å². The van der Waals surface area contributed by atoms with E-state index in [1.807, 2.05) is 13.8 Å². The predicted octanol–water partition coefficient (Wildman–Crippen LogP) is 1.36. The van der Waals surface area contributed by atoms with E-state index in [9.17, 15) is 55.5 Å². The molecule has 4 saturated heterocycles.